The summed E-state index contributed by atoms with van der Waals surface area (Å²) in [6.07, 6.45) is 0. The third kappa shape index (κ3) is 3.40. The monoisotopic (exact) mass is 409 g/mol. The summed E-state index contributed by atoms with van der Waals surface area (Å²) in [7, 11) is 1.54. The van der Waals surface area contributed by atoms with Crippen LogP contribution in [0.25, 0.3) is 5.57 Å². The van der Waals surface area contributed by atoms with Gasteiger partial charge in [0, 0.05) is 43.9 Å². The Morgan fingerprint density at radius 2 is 1.45 bits per heavy atom. The number of aryl methyl sites for hydroxylation is 1. The number of hydrogen-bond acceptors (Lipinski definition) is 4. The molecule has 2 aliphatic heterocycles. The highest BCUT2D eigenvalue weighted by molar-refractivity contribution is 6.35. The van der Waals surface area contributed by atoms with Crippen LogP contribution in [-0.2, 0) is 9.59 Å². The Morgan fingerprint density at radius 3 is 2.10 bits per heavy atom. The first-order valence-corrected chi connectivity index (χ1v) is 10.1. The van der Waals surface area contributed by atoms with Gasteiger partial charge in [0.25, 0.3) is 11.8 Å². The minimum absolute atomic E-state index is 0.236. The zero-order valence-electron chi connectivity index (χ0n) is 16.9. The predicted molar refractivity (Wildman–Crippen MR) is 116 cm³/mol. The van der Waals surface area contributed by atoms with Gasteiger partial charge in [-0.15, -0.1) is 0 Å². The normalized spacial score (nSPS) is 17.6. The number of halogens is 1. The minimum Gasteiger partial charge on any atom is -0.368 e. The highest BCUT2D eigenvalue weighted by atomic mass is 35.5. The number of nitrogens with zero attached hydrogens (tertiary/aromatic N) is 3. The van der Waals surface area contributed by atoms with Crippen molar-refractivity contribution >= 4 is 34.7 Å². The van der Waals surface area contributed by atoms with Crippen molar-refractivity contribution in [3.05, 3.63) is 69.9 Å². The molecule has 29 heavy (non-hydrogen) atoms. The quantitative estimate of drug-likeness (QED) is 0.728. The van der Waals surface area contributed by atoms with Crippen LogP contribution in [0.2, 0.25) is 5.02 Å². The number of likely N-dealkylation sites (N-methyl/N-ethyl adjacent to an activating group) is 1. The summed E-state index contributed by atoms with van der Waals surface area (Å²) in [6, 6.07) is 13.4. The van der Waals surface area contributed by atoms with Crippen molar-refractivity contribution in [2.75, 3.05) is 38.1 Å². The maximum atomic E-state index is 12.9. The summed E-state index contributed by atoms with van der Waals surface area (Å²) in [5.41, 5.74) is 5.49. The average Bonchev–Trinajstić information content (AvgIpc) is 2.95. The van der Waals surface area contributed by atoms with Crippen LogP contribution in [0.4, 0.5) is 5.69 Å². The van der Waals surface area contributed by atoms with E-state index in [-0.39, 0.29) is 11.8 Å². The predicted octanol–water partition coefficient (Wildman–Crippen LogP) is 3.49. The van der Waals surface area contributed by atoms with Crippen molar-refractivity contribution < 1.29 is 9.59 Å². The standard InChI is InChI=1S/C23H24ClN3O2/c1-15-5-4-6-19(16(15)2)26-11-13-27(14-12-26)21-20(22(28)25(3)23(21)29)17-7-9-18(24)10-8-17/h4-10H,11-14H2,1-3H3. The fourth-order valence-electron chi connectivity index (χ4n) is 4.05. The molecule has 0 spiro atoms. The van der Waals surface area contributed by atoms with Gasteiger partial charge in [-0.1, -0.05) is 35.9 Å². The lowest BCUT2D eigenvalue weighted by molar-refractivity contribution is -0.135. The number of anilines is 1. The summed E-state index contributed by atoms with van der Waals surface area (Å²) in [5, 5.41) is 0.600. The Kier molecular flexibility index (Phi) is 5.09. The van der Waals surface area contributed by atoms with Crippen molar-refractivity contribution in [1.29, 1.82) is 0 Å². The number of carbonyl (C=O) groups is 2. The second-order valence-electron chi connectivity index (χ2n) is 7.59. The topological polar surface area (TPSA) is 43.9 Å². The van der Waals surface area contributed by atoms with Crippen LogP contribution in [0, 0.1) is 13.8 Å². The Labute approximate surface area is 176 Å². The number of hydrogen-bond donors (Lipinski definition) is 0. The van der Waals surface area contributed by atoms with E-state index < -0.39 is 0 Å². The summed E-state index contributed by atoms with van der Waals surface area (Å²) in [4.78, 5) is 31.3. The lowest BCUT2D eigenvalue weighted by Crippen LogP contribution is -2.47. The van der Waals surface area contributed by atoms with E-state index in [1.807, 2.05) is 0 Å². The van der Waals surface area contributed by atoms with Gasteiger partial charge in [0.15, 0.2) is 0 Å². The van der Waals surface area contributed by atoms with Gasteiger partial charge < -0.3 is 9.80 Å². The van der Waals surface area contributed by atoms with Crippen molar-refractivity contribution in [3.63, 3.8) is 0 Å². The third-order valence-corrected chi connectivity index (χ3v) is 6.16. The second kappa shape index (κ2) is 7.56. The molecule has 0 N–H and O–H groups in total. The molecule has 2 aromatic rings. The highest BCUT2D eigenvalue weighted by Gasteiger charge is 2.40. The molecule has 150 valence electrons. The average molecular weight is 410 g/mol. The Morgan fingerprint density at radius 1 is 0.828 bits per heavy atom. The van der Waals surface area contributed by atoms with E-state index in [0.717, 1.165) is 18.7 Å². The van der Waals surface area contributed by atoms with Gasteiger partial charge in [-0.25, -0.2) is 0 Å². The first-order valence-electron chi connectivity index (χ1n) is 9.77. The number of carbonyl (C=O) groups excluding carboxylic acids is 2. The van der Waals surface area contributed by atoms with Gasteiger partial charge >= 0.3 is 0 Å². The van der Waals surface area contributed by atoms with Gasteiger partial charge in [0.2, 0.25) is 0 Å². The molecule has 4 rings (SSSR count). The van der Waals surface area contributed by atoms with Crippen LogP contribution in [0.5, 0.6) is 0 Å². The first kappa shape index (κ1) is 19.5. The molecule has 0 aliphatic carbocycles. The molecule has 2 amide bonds. The number of amides is 2. The Balaban J connectivity index is 1.63. The van der Waals surface area contributed by atoms with E-state index in [4.69, 9.17) is 11.6 Å². The lowest BCUT2D eigenvalue weighted by Gasteiger charge is -2.38. The molecule has 0 unspecified atom stereocenters. The molecule has 1 saturated heterocycles. The van der Waals surface area contributed by atoms with Gasteiger partial charge in [-0.3, -0.25) is 14.5 Å². The van der Waals surface area contributed by atoms with E-state index in [1.54, 1.807) is 31.3 Å². The van der Waals surface area contributed by atoms with E-state index in [0.29, 0.717) is 29.4 Å². The zero-order chi connectivity index (χ0) is 20.7. The molecular weight excluding hydrogens is 386 g/mol. The van der Waals surface area contributed by atoms with Crippen LogP contribution >= 0.6 is 11.6 Å². The molecule has 0 bridgehead atoms. The van der Waals surface area contributed by atoms with Gasteiger partial charge in [-0.2, -0.15) is 0 Å². The fraction of sp³-hybridized carbons (Fsp3) is 0.304. The highest BCUT2D eigenvalue weighted by Crippen LogP contribution is 2.33. The molecular formula is C23H24ClN3O2. The number of piperazine rings is 1. The molecule has 2 aliphatic rings. The van der Waals surface area contributed by atoms with Crippen molar-refractivity contribution in [1.82, 2.24) is 9.80 Å². The zero-order valence-corrected chi connectivity index (χ0v) is 17.7. The molecule has 5 nitrogen and oxygen atoms in total. The van der Waals surface area contributed by atoms with Crippen LogP contribution < -0.4 is 4.90 Å². The van der Waals surface area contributed by atoms with Crippen molar-refractivity contribution in [2.24, 2.45) is 0 Å². The number of benzene rings is 2. The summed E-state index contributed by atoms with van der Waals surface area (Å²) in [5.74, 6) is -0.496. The molecule has 6 heteroatoms. The lowest BCUT2D eigenvalue weighted by atomic mass is 10.0. The van der Waals surface area contributed by atoms with E-state index in [2.05, 4.69) is 41.8 Å². The second-order valence-corrected chi connectivity index (χ2v) is 8.03. The number of rotatable bonds is 3. The molecule has 0 radical (unpaired) electrons. The first-order chi connectivity index (χ1) is 13.9. The summed E-state index contributed by atoms with van der Waals surface area (Å²) >= 11 is 6.00. The van der Waals surface area contributed by atoms with Gasteiger partial charge in [-0.05, 0) is 48.7 Å². The van der Waals surface area contributed by atoms with Crippen LogP contribution in [0.3, 0.4) is 0 Å². The summed E-state index contributed by atoms with van der Waals surface area (Å²) < 4.78 is 0. The van der Waals surface area contributed by atoms with Gasteiger partial charge in [0.05, 0.1) is 5.57 Å². The maximum Gasteiger partial charge on any atom is 0.277 e. The van der Waals surface area contributed by atoms with Crippen LogP contribution in [0.15, 0.2) is 48.2 Å². The fourth-order valence-corrected chi connectivity index (χ4v) is 4.17. The molecule has 1 fully saturated rings. The number of imide groups is 1. The minimum atomic E-state index is -0.260. The van der Waals surface area contributed by atoms with Crippen molar-refractivity contribution in [3.8, 4) is 0 Å². The van der Waals surface area contributed by atoms with Crippen LogP contribution in [0.1, 0.15) is 16.7 Å². The van der Waals surface area contributed by atoms with E-state index >= 15 is 0 Å². The molecule has 2 aromatic carbocycles. The van der Waals surface area contributed by atoms with Crippen LogP contribution in [-0.4, -0.2) is 54.8 Å². The van der Waals surface area contributed by atoms with Crippen molar-refractivity contribution in [2.45, 2.75) is 13.8 Å². The largest absolute Gasteiger partial charge is 0.368 e. The maximum absolute atomic E-state index is 12.9. The smallest absolute Gasteiger partial charge is 0.277 e. The Bertz CT molecular complexity index is 1010. The molecule has 0 atom stereocenters. The van der Waals surface area contributed by atoms with Gasteiger partial charge in [0.1, 0.15) is 5.70 Å². The molecule has 0 aromatic heterocycles. The van der Waals surface area contributed by atoms with E-state index in [1.165, 1.54) is 21.7 Å². The SMILES string of the molecule is Cc1cccc(N2CCN(C3=C(c4ccc(Cl)cc4)C(=O)N(C)C3=O)CC2)c1C. The van der Waals surface area contributed by atoms with E-state index in [9.17, 15) is 9.59 Å². The summed E-state index contributed by atoms with van der Waals surface area (Å²) in [6.45, 7) is 7.24. The molecule has 0 saturated carbocycles. The molecule has 2 heterocycles. The Hall–Kier alpha value is -2.79. The third-order valence-electron chi connectivity index (χ3n) is 5.91.